The van der Waals surface area contributed by atoms with Gasteiger partial charge in [0.05, 0.1) is 18.7 Å². The summed E-state index contributed by atoms with van der Waals surface area (Å²) < 4.78 is 10.9. The molecule has 0 radical (unpaired) electrons. The van der Waals surface area contributed by atoms with Gasteiger partial charge in [0.1, 0.15) is 6.61 Å². The van der Waals surface area contributed by atoms with Gasteiger partial charge in [0.2, 0.25) is 0 Å². The lowest BCUT2D eigenvalue weighted by Crippen LogP contribution is -2.01. The van der Waals surface area contributed by atoms with E-state index < -0.39 is 0 Å². The molecular formula is C15H13ClN2O2. The molecule has 0 amide bonds. The van der Waals surface area contributed by atoms with Gasteiger partial charge in [-0.05, 0) is 30.3 Å². The van der Waals surface area contributed by atoms with Gasteiger partial charge in [0, 0.05) is 22.3 Å². The lowest BCUT2D eigenvalue weighted by Gasteiger charge is -2.12. The molecule has 0 aliphatic carbocycles. The van der Waals surface area contributed by atoms with Crippen molar-refractivity contribution in [3.63, 3.8) is 0 Å². The zero-order valence-electron chi connectivity index (χ0n) is 10.9. The smallest absolute Gasteiger partial charge is 0.162 e. The Labute approximate surface area is 122 Å². The number of benzene rings is 2. The molecule has 2 rings (SSSR count). The first kappa shape index (κ1) is 14.0. The van der Waals surface area contributed by atoms with E-state index in [2.05, 4.69) is 0 Å². The van der Waals surface area contributed by atoms with E-state index in [9.17, 15) is 0 Å². The van der Waals surface area contributed by atoms with E-state index in [4.69, 9.17) is 32.1 Å². The summed E-state index contributed by atoms with van der Waals surface area (Å²) in [5.41, 5.74) is 7.78. The fourth-order valence-corrected chi connectivity index (χ4v) is 1.91. The van der Waals surface area contributed by atoms with Gasteiger partial charge in [-0.15, -0.1) is 0 Å². The van der Waals surface area contributed by atoms with Crippen LogP contribution >= 0.6 is 11.6 Å². The second-order valence-electron chi connectivity index (χ2n) is 4.11. The van der Waals surface area contributed by atoms with Crippen LogP contribution in [0.15, 0.2) is 36.4 Å². The van der Waals surface area contributed by atoms with Crippen LogP contribution < -0.4 is 15.2 Å². The minimum absolute atomic E-state index is 0.272. The number of halogens is 1. The predicted octanol–water partition coefficient (Wildman–Crippen LogP) is 3.38. The summed E-state index contributed by atoms with van der Waals surface area (Å²) in [6.07, 6.45) is 0. The Balaban J connectivity index is 2.19. The van der Waals surface area contributed by atoms with E-state index in [0.29, 0.717) is 27.8 Å². The predicted molar refractivity (Wildman–Crippen MR) is 77.9 cm³/mol. The Hall–Kier alpha value is -2.38. The topological polar surface area (TPSA) is 68.3 Å². The number of hydrogen-bond donors (Lipinski definition) is 1. The number of methoxy groups -OCH3 is 1. The van der Waals surface area contributed by atoms with Crippen LogP contribution in [0.5, 0.6) is 11.5 Å². The molecule has 2 aromatic rings. The van der Waals surface area contributed by atoms with Crippen LogP contribution in [0.4, 0.5) is 5.69 Å². The van der Waals surface area contributed by atoms with Crippen molar-refractivity contribution in [2.75, 3.05) is 12.8 Å². The van der Waals surface area contributed by atoms with Crippen LogP contribution in [0, 0.1) is 11.3 Å². The van der Waals surface area contributed by atoms with E-state index in [1.807, 2.05) is 6.07 Å². The van der Waals surface area contributed by atoms with Crippen LogP contribution in [0.3, 0.4) is 0 Å². The van der Waals surface area contributed by atoms with Crippen molar-refractivity contribution in [1.82, 2.24) is 0 Å². The van der Waals surface area contributed by atoms with E-state index in [0.717, 1.165) is 5.56 Å². The molecule has 20 heavy (non-hydrogen) atoms. The first-order valence-corrected chi connectivity index (χ1v) is 6.26. The van der Waals surface area contributed by atoms with Crippen LogP contribution in [0.25, 0.3) is 0 Å². The highest BCUT2D eigenvalue weighted by atomic mass is 35.5. The molecule has 0 spiro atoms. The number of ether oxygens (including phenoxy) is 2. The second kappa shape index (κ2) is 6.18. The molecule has 5 heteroatoms. The highest BCUT2D eigenvalue weighted by Gasteiger charge is 2.07. The third kappa shape index (κ3) is 3.14. The fourth-order valence-electron chi connectivity index (χ4n) is 1.71. The van der Waals surface area contributed by atoms with Crippen LogP contribution in [-0.2, 0) is 6.61 Å². The lowest BCUT2D eigenvalue weighted by atomic mass is 10.2. The van der Waals surface area contributed by atoms with Crippen molar-refractivity contribution >= 4 is 17.3 Å². The van der Waals surface area contributed by atoms with Gasteiger partial charge in [-0.25, -0.2) is 0 Å². The molecule has 102 valence electrons. The van der Waals surface area contributed by atoms with Gasteiger partial charge >= 0.3 is 0 Å². The molecule has 2 N–H and O–H groups in total. The minimum atomic E-state index is 0.272. The van der Waals surface area contributed by atoms with E-state index in [1.54, 1.807) is 36.4 Å². The maximum absolute atomic E-state index is 8.85. The Morgan fingerprint density at radius 2 is 2.00 bits per heavy atom. The summed E-state index contributed by atoms with van der Waals surface area (Å²) in [7, 11) is 1.52. The van der Waals surface area contributed by atoms with Crippen molar-refractivity contribution < 1.29 is 9.47 Å². The van der Waals surface area contributed by atoms with Gasteiger partial charge < -0.3 is 15.2 Å². The summed E-state index contributed by atoms with van der Waals surface area (Å²) >= 11 is 5.92. The largest absolute Gasteiger partial charge is 0.493 e. The van der Waals surface area contributed by atoms with Gasteiger partial charge in [-0.1, -0.05) is 11.6 Å². The first-order valence-electron chi connectivity index (χ1n) is 5.89. The lowest BCUT2D eigenvalue weighted by molar-refractivity contribution is 0.285. The zero-order valence-corrected chi connectivity index (χ0v) is 11.6. The second-order valence-corrected chi connectivity index (χ2v) is 4.55. The summed E-state index contributed by atoms with van der Waals surface area (Å²) in [5.74, 6) is 1.05. The quantitative estimate of drug-likeness (QED) is 0.876. The van der Waals surface area contributed by atoms with E-state index in [1.165, 1.54) is 7.11 Å². The SMILES string of the molecule is COc1cc(C#N)ccc1OCc1cc(Cl)ccc1N. The minimum Gasteiger partial charge on any atom is -0.493 e. The molecule has 0 unspecified atom stereocenters. The molecule has 2 aromatic carbocycles. The number of nitriles is 1. The normalized spacial score (nSPS) is 9.85. The molecular weight excluding hydrogens is 276 g/mol. The highest BCUT2D eigenvalue weighted by Crippen LogP contribution is 2.29. The number of nitrogen functional groups attached to an aromatic ring is 1. The summed E-state index contributed by atoms with van der Waals surface area (Å²) in [6, 6.07) is 12.2. The molecule has 0 bridgehead atoms. The molecule has 4 nitrogen and oxygen atoms in total. The zero-order chi connectivity index (χ0) is 14.5. The van der Waals surface area contributed by atoms with E-state index >= 15 is 0 Å². The Kier molecular flexibility index (Phi) is 4.34. The molecule has 0 aliphatic heterocycles. The highest BCUT2D eigenvalue weighted by molar-refractivity contribution is 6.30. The first-order chi connectivity index (χ1) is 9.63. The van der Waals surface area contributed by atoms with Crippen molar-refractivity contribution in [2.24, 2.45) is 0 Å². The van der Waals surface area contributed by atoms with Crippen LogP contribution in [-0.4, -0.2) is 7.11 Å². The maximum atomic E-state index is 8.85. The standard InChI is InChI=1S/C15H13ClN2O2/c1-19-15-6-10(8-17)2-5-14(15)20-9-11-7-12(16)3-4-13(11)18/h2-7H,9,18H2,1H3. The van der Waals surface area contributed by atoms with E-state index in [-0.39, 0.29) is 6.61 Å². The number of anilines is 1. The summed E-state index contributed by atoms with van der Waals surface area (Å²) in [4.78, 5) is 0. The molecule has 0 aromatic heterocycles. The van der Waals surface area contributed by atoms with Crippen molar-refractivity contribution in [1.29, 1.82) is 5.26 Å². The Morgan fingerprint density at radius 3 is 2.70 bits per heavy atom. The third-order valence-corrected chi connectivity index (χ3v) is 3.02. The summed E-state index contributed by atoms with van der Waals surface area (Å²) in [6.45, 7) is 0.272. The Bertz CT molecular complexity index is 665. The number of nitrogens with zero attached hydrogens (tertiary/aromatic N) is 1. The van der Waals surface area contributed by atoms with Gasteiger partial charge in [0.25, 0.3) is 0 Å². The molecule has 0 heterocycles. The Morgan fingerprint density at radius 1 is 1.20 bits per heavy atom. The number of rotatable bonds is 4. The molecule has 0 saturated carbocycles. The van der Waals surface area contributed by atoms with Crippen LogP contribution in [0.2, 0.25) is 5.02 Å². The van der Waals surface area contributed by atoms with Gasteiger partial charge in [0.15, 0.2) is 11.5 Å². The number of hydrogen-bond acceptors (Lipinski definition) is 4. The van der Waals surface area contributed by atoms with Crippen molar-refractivity contribution in [3.8, 4) is 17.6 Å². The molecule has 0 saturated heterocycles. The van der Waals surface area contributed by atoms with Gasteiger partial charge in [-0.2, -0.15) is 5.26 Å². The monoisotopic (exact) mass is 288 g/mol. The van der Waals surface area contributed by atoms with Gasteiger partial charge in [-0.3, -0.25) is 0 Å². The summed E-state index contributed by atoms with van der Waals surface area (Å²) in [5, 5.41) is 9.45. The van der Waals surface area contributed by atoms with Crippen molar-refractivity contribution in [2.45, 2.75) is 6.61 Å². The average molecular weight is 289 g/mol. The molecule has 0 atom stereocenters. The molecule has 0 aliphatic rings. The van der Waals surface area contributed by atoms with Crippen LogP contribution in [0.1, 0.15) is 11.1 Å². The maximum Gasteiger partial charge on any atom is 0.162 e. The molecule has 0 fully saturated rings. The third-order valence-electron chi connectivity index (χ3n) is 2.78. The average Bonchev–Trinajstić information content (AvgIpc) is 2.48. The number of nitrogens with two attached hydrogens (primary N) is 1. The fraction of sp³-hybridized carbons (Fsp3) is 0.133. The van der Waals surface area contributed by atoms with Crippen molar-refractivity contribution in [3.05, 3.63) is 52.5 Å².